The van der Waals surface area contributed by atoms with Crippen molar-refractivity contribution in [3.05, 3.63) is 48.2 Å². The van der Waals surface area contributed by atoms with Crippen LogP contribution < -0.4 is 15.2 Å². The zero-order valence-corrected chi connectivity index (χ0v) is 9.59. The van der Waals surface area contributed by atoms with Crippen LogP contribution in [-0.4, -0.2) is 12.1 Å². The Balaban J connectivity index is 2.24. The minimum absolute atomic E-state index is 0.448. The summed E-state index contributed by atoms with van der Waals surface area (Å²) in [7, 11) is 1.58. The lowest BCUT2D eigenvalue weighted by atomic mass is 10.2. The number of benzene rings is 1. The maximum Gasteiger partial charge on any atom is 0.262 e. The maximum absolute atomic E-state index is 5.65. The first-order chi connectivity index (χ1) is 8.33. The van der Waals surface area contributed by atoms with Crippen molar-refractivity contribution in [3.8, 4) is 17.4 Å². The summed E-state index contributed by atoms with van der Waals surface area (Å²) in [5.74, 6) is 1.75. The molecule has 0 atom stereocenters. The van der Waals surface area contributed by atoms with Gasteiger partial charge in [-0.2, -0.15) is 0 Å². The minimum Gasteiger partial charge on any atom is -0.491 e. The van der Waals surface area contributed by atoms with Crippen LogP contribution in [0.5, 0.6) is 17.4 Å². The Morgan fingerprint density at radius 3 is 2.88 bits per heavy atom. The summed E-state index contributed by atoms with van der Waals surface area (Å²) in [5.41, 5.74) is 6.58. The second kappa shape index (κ2) is 5.32. The standard InChI is InChI=1S/C13H14N2O2/c1-16-12-6-3-7-15-13(12)17-11-5-2-4-10(8-11)9-14/h2-8H,9,14H2,1H3. The highest BCUT2D eigenvalue weighted by atomic mass is 16.5. The second-order valence-corrected chi connectivity index (χ2v) is 3.46. The van der Waals surface area contributed by atoms with Crippen LogP contribution in [0.2, 0.25) is 0 Å². The van der Waals surface area contributed by atoms with Crippen LogP contribution >= 0.6 is 0 Å². The van der Waals surface area contributed by atoms with Gasteiger partial charge >= 0.3 is 0 Å². The third kappa shape index (κ3) is 2.73. The Hall–Kier alpha value is -2.07. The van der Waals surface area contributed by atoms with Crippen molar-refractivity contribution in [2.24, 2.45) is 5.73 Å². The van der Waals surface area contributed by atoms with E-state index >= 15 is 0 Å². The molecular weight excluding hydrogens is 216 g/mol. The van der Waals surface area contributed by atoms with Crippen molar-refractivity contribution in [3.63, 3.8) is 0 Å². The molecule has 0 aliphatic carbocycles. The molecular formula is C13H14N2O2. The summed E-state index contributed by atoms with van der Waals surface area (Å²) < 4.78 is 10.8. The first-order valence-electron chi connectivity index (χ1n) is 5.29. The molecule has 2 aromatic rings. The molecule has 1 aromatic heterocycles. The predicted octanol–water partition coefficient (Wildman–Crippen LogP) is 2.34. The van der Waals surface area contributed by atoms with Gasteiger partial charge in [0.15, 0.2) is 5.75 Å². The quantitative estimate of drug-likeness (QED) is 0.875. The van der Waals surface area contributed by atoms with Gasteiger partial charge in [0.05, 0.1) is 7.11 Å². The first-order valence-corrected chi connectivity index (χ1v) is 5.29. The van der Waals surface area contributed by atoms with Crippen LogP contribution in [0.4, 0.5) is 0 Å². The van der Waals surface area contributed by atoms with Gasteiger partial charge in [-0.1, -0.05) is 12.1 Å². The largest absolute Gasteiger partial charge is 0.491 e. The number of nitrogens with two attached hydrogens (primary N) is 1. The first kappa shape index (κ1) is 11.4. The summed E-state index contributed by atoms with van der Waals surface area (Å²) in [5, 5.41) is 0. The van der Waals surface area contributed by atoms with Crippen molar-refractivity contribution in [2.45, 2.75) is 6.54 Å². The van der Waals surface area contributed by atoms with E-state index in [1.54, 1.807) is 25.4 Å². The molecule has 2 N–H and O–H groups in total. The van der Waals surface area contributed by atoms with Gasteiger partial charge in [0.25, 0.3) is 5.88 Å². The van der Waals surface area contributed by atoms with Crippen molar-refractivity contribution < 1.29 is 9.47 Å². The van der Waals surface area contributed by atoms with E-state index in [-0.39, 0.29) is 0 Å². The molecule has 0 saturated carbocycles. The van der Waals surface area contributed by atoms with E-state index in [0.29, 0.717) is 23.9 Å². The lowest BCUT2D eigenvalue weighted by Crippen LogP contribution is -1.97. The van der Waals surface area contributed by atoms with Crippen molar-refractivity contribution in [2.75, 3.05) is 7.11 Å². The van der Waals surface area contributed by atoms with E-state index in [1.165, 1.54) is 0 Å². The number of pyridine rings is 1. The van der Waals surface area contributed by atoms with Gasteiger partial charge in [0, 0.05) is 12.7 Å². The number of hydrogen-bond acceptors (Lipinski definition) is 4. The van der Waals surface area contributed by atoms with Gasteiger partial charge < -0.3 is 15.2 Å². The Morgan fingerprint density at radius 1 is 1.24 bits per heavy atom. The third-order valence-electron chi connectivity index (χ3n) is 2.30. The van der Waals surface area contributed by atoms with Crippen LogP contribution in [0.15, 0.2) is 42.6 Å². The molecule has 0 unspecified atom stereocenters. The lowest BCUT2D eigenvalue weighted by Gasteiger charge is -2.09. The van der Waals surface area contributed by atoms with Gasteiger partial charge in [0.2, 0.25) is 0 Å². The zero-order chi connectivity index (χ0) is 12.1. The van der Waals surface area contributed by atoms with Crippen molar-refractivity contribution in [1.82, 2.24) is 4.98 Å². The molecule has 0 saturated heterocycles. The molecule has 1 aromatic carbocycles. The molecule has 0 bridgehead atoms. The fourth-order valence-corrected chi connectivity index (χ4v) is 1.46. The topological polar surface area (TPSA) is 57.4 Å². The molecule has 0 fully saturated rings. The van der Waals surface area contributed by atoms with Crippen LogP contribution in [-0.2, 0) is 6.54 Å². The minimum atomic E-state index is 0.448. The second-order valence-electron chi connectivity index (χ2n) is 3.46. The molecule has 1 heterocycles. The molecule has 88 valence electrons. The molecule has 0 radical (unpaired) electrons. The molecule has 0 aliphatic heterocycles. The van der Waals surface area contributed by atoms with Crippen molar-refractivity contribution >= 4 is 0 Å². The molecule has 2 rings (SSSR count). The Kier molecular flexibility index (Phi) is 3.57. The summed E-state index contributed by atoms with van der Waals surface area (Å²) in [4.78, 5) is 4.12. The molecule has 0 amide bonds. The predicted molar refractivity (Wildman–Crippen MR) is 65.2 cm³/mol. The van der Waals surface area contributed by atoms with Gasteiger partial charge in [0.1, 0.15) is 5.75 Å². The molecule has 4 nitrogen and oxygen atoms in total. The number of nitrogens with zero attached hydrogens (tertiary/aromatic N) is 1. The van der Waals surface area contributed by atoms with Crippen LogP contribution in [0.1, 0.15) is 5.56 Å². The lowest BCUT2D eigenvalue weighted by molar-refractivity contribution is 0.369. The summed E-state index contributed by atoms with van der Waals surface area (Å²) in [6.45, 7) is 0.483. The summed E-state index contributed by atoms with van der Waals surface area (Å²) in [6.07, 6.45) is 1.66. The SMILES string of the molecule is COc1cccnc1Oc1cccc(CN)c1. The highest BCUT2D eigenvalue weighted by molar-refractivity contribution is 5.38. The maximum atomic E-state index is 5.65. The number of ether oxygens (including phenoxy) is 2. The number of aromatic nitrogens is 1. The van der Waals surface area contributed by atoms with E-state index in [4.69, 9.17) is 15.2 Å². The van der Waals surface area contributed by atoms with Gasteiger partial charge in [-0.15, -0.1) is 0 Å². The van der Waals surface area contributed by atoms with Crippen LogP contribution in [0, 0.1) is 0 Å². The van der Waals surface area contributed by atoms with E-state index in [0.717, 1.165) is 5.56 Å². The Bertz CT molecular complexity index is 500. The average molecular weight is 230 g/mol. The van der Waals surface area contributed by atoms with Crippen molar-refractivity contribution in [1.29, 1.82) is 0 Å². The van der Waals surface area contributed by atoms with Gasteiger partial charge in [-0.3, -0.25) is 0 Å². The molecule has 0 spiro atoms. The van der Waals surface area contributed by atoms with E-state index in [2.05, 4.69) is 4.98 Å². The number of rotatable bonds is 4. The monoisotopic (exact) mass is 230 g/mol. The summed E-state index contributed by atoms with van der Waals surface area (Å²) in [6, 6.07) is 11.2. The normalized spacial score (nSPS) is 10.0. The highest BCUT2D eigenvalue weighted by Crippen LogP contribution is 2.28. The average Bonchev–Trinajstić information content (AvgIpc) is 2.39. The van der Waals surface area contributed by atoms with E-state index < -0.39 is 0 Å². The highest BCUT2D eigenvalue weighted by Gasteiger charge is 2.05. The fourth-order valence-electron chi connectivity index (χ4n) is 1.46. The van der Waals surface area contributed by atoms with Crippen LogP contribution in [0.3, 0.4) is 0 Å². The zero-order valence-electron chi connectivity index (χ0n) is 9.59. The fraction of sp³-hybridized carbons (Fsp3) is 0.154. The molecule has 17 heavy (non-hydrogen) atoms. The number of hydrogen-bond donors (Lipinski definition) is 1. The van der Waals surface area contributed by atoms with Gasteiger partial charge in [-0.05, 0) is 29.8 Å². The van der Waals surface area contributed by atoms with E-state index in [9.17, 15) is 0 Å². The third-order valence-corrected chi connectivity index (χ3v) is 2.30. The van der Waals surface area contributed by atoms with Crippen LogP contribution in [0.25, 0.3) is 0 Å². The number of methoxy groups -OCH3 is 1. The summed E-state index contributed by atoms with van der Waals surface area (Å²) >= 11 is 0. The molecule has 0 aliphatic rings. The van der Waals surface area contributed by atoms with Gasteiger partial charge in [-0.25, -0.2) is 4.98 Å². The smallest absolute Gasteiger partial charge is 0.262 e. The van der Waals surface area contributed by atoms with E-state index in [1.807, 2.05) is 24.3 Å². The molecule has 4 heteroatoms. The Morgan fingerprint density at radius 2 is 2.12 bits per heavy atom. The Labute approximate surface area is 100 Å².